The number of carbonyl (C=O) groups excluding carboxylic acids is 1. The minimum Gasteiger partial charge on any atom is -0.311 e. The fourth-order valence-corrected chi connectivity index (χ4v) is 6.04. The number of benzene rings is 1. The Balaban J connectivity index is 1.71. The summed E-state index contributed by atoms with van der Waals surface area (Å²) in [6, 6.07) is 3.52. The van der Waals surface area contributed by atoms with E-state index < -0.39 is 10.0 Å². The van der Waals surface area contributed by atoms with Gasteiger partial charge in [-0.15, -0.1) is 0 Å². The zero-order chi connectivity index (χ0) is 17.8. The lowest BCUT2D eigenvalue weighted by atomic mass is 9.87. The number of anilines is 1. The molecule has 1 aliphatic carbocycles. The zero-order valence-electron chi connectivity index (χ0n) is 14.9. The van der Waals surface area contributed by atoms with Gasteiger partial charge in [0.25, 0.3) is 0 Å². The van der Waals surface area contributed by atoms with Crippen molar-refractivity contribution in [1.29, 1.82) is 0 Å². The van der Waals surface area contributed by atoms with Crippen LogP contribution in [-0.2, 0) is 21.2 Å². The first-order valence-corrected chi connectivity index (χ1v) is 10.9. The molecule has 0 unspecified atom stereocenters. The topological polar surface area (TPSA) is 66.5 Å². The van der Waals surface area contributed by atoms with E-state index in [0.717, 1.165) is 55.5 Å². The second kappa shape index (κ2) is 6.09. The third kappa shape index (κ3) is 2.79. The Bertz CT molecular complexity index is 818. The zero-order valence-corrected chi connectivity index (χ0v) is 15.7. The van der Waals surface area contributed by atoms with Crippen LogP contribution in [0, 0.1) is 5.92 Å². The molecule has 1 saturated carbocycles. The number of amides is 1. The van der Waals surface area contributed by atoms with E-state index in [2.05, 4.69) is 11.6 Å². The van der Waals surface area contributed by atoms with Crippen LogP contribution in [0.15, 0.2) is 17.0 Å². The summed E-state index contributed by atoms with van der Waals surface area (Å²) in [5.41, 5.74) is 2.84. The Morgan fingerprint density at radius 3 is 2.64 bits per heavy atom. The Morgan fingerprint density at radius 2 is 1.88 bits per heavy atom. The van der Waals surface area contributed by atoms with Crippen LogP contribution in [0.25, 0.3) is 0 Å². The van der Waals surface area contributed by atoms with E-state index in [1.807, 2.05) is 11.8 Å². The van der Waals surface area contributed by atoms with Gasteiger partial charge in [0.05, 0.1) is 16.5 Å². The summed E-state index contributed by atoms with van der Waals surface area (Å²) in [6.07, 6.45) is 5.96. The molecule has 0 spiro atoms. The average molecular weight is 362 g/mol. The standard InChI is InChI=1S/C19H26N2O3S/c1-12-6-3-4-8-17(12)20-25(23,24)15-10-14-7-5-9-21-18(14)16(11-15)13(2)19(21)22/h10-13,17,20H,3-9H2,1-2H3/t12-,13+,17+/m1/s1. The second-order valence-corrected chi connectivity index (χ2v) is 9.54. The summed E-state index contributed by atoms with van der Waals surface area (Å²) < 4.78 is 28.9. The molecule has 3 atom stereocenters. The van der Waals surface area contributed by atoms with Crippen molar-refractivity contribution in [2.24, 2.45) is 5.92 Å². The van der Waals surface area contributed by atoms with E-state index in [0.29, 0.717) is 10.8 Å². The summed E-state index contributed by atoms with van der Waals surface area (Å²) in [5, 5.41) is 0. The van der Waals surface area contributed by atoms with Gasteiger partial charge in [-0.25, -0.2) is 13.1 Å². The first-order chi connectivity index (χ1) is 11.9. The fourth-order valence-electron chi connectivity index (χ4n) is 4.58. The van der Waals surface area contributed by atoms with Crippen LogP contribution in [0.5, 0.6) is 0 Å². The molecule has 0 radical (unpaired) electrons. The molecule has 1 fully saturated rings. The number of rotatable bonds is 3. The van der Waals surface area contributed by atoms with E-state index in [4.69, 9.17) is 0 Å². The van der Waals surface area contributed by atoms with Crippen molar-refractivity contribution >= 4 is 21.6 Å². The summed E-state index contributed by atoms with van der Waals surface area (Å²) in [5.74, 6) is 0.210. The van der Waals surface area contributed by atoms with Crippen molar-refractivity contribution in [1.82, 2.24) is 4.72 Å². The second-order valence-electron chi connectivity index (χ2n) is 7.82. The van der Waals surface area contributed by atoms with Crippen LogP contribution in [0.2, 0.25) is 0 Å². The number of nitrogens with one attached hydrogen (secondary N) is 1. The molecule has 1 N–H and O–H groups in total. The van der Waals surface area contributed by atoms with Gasteiger partial charge in [-0.1, -0.05) is 19.8 Å². The molecule has 3 aliphatic rings. The first kappa shape index (κ1) is 17.0. The molecule has 1 amide bonds. The van der Waals surface area contributed by atoms with Crippen LogP contribution in [0.4, 0.5) is 5.69 Å². The molecule has 6 heteroatoms. The van der Waals surface area contributed by atoms with E-state index in [9.17, 15) is 13.2 Å². The molecule has 0 bridgehead atoms. The molecule has 0 aromatic heterocycles. The van der Waals surface area contributed by atoms with Crippen molar-refractivity contribution in [2.45, 2.75) is 69.2 Å². The summed E-state index contributed by atoms with van der Waals surface area (Å²) >= 11 is 0. The number of hydrogen-bond donors (Lipinski definition) is 1. The maximum absolute atomic E-state index is 13.0. The van der Waals surface area contributed by atoms with Crippen LogP contribution in [0.1, 0.15) is 63.0 Å². The summed E-state index contributed by atoms with van der Waals surface area (Å²) in [7, 11) is -3.56. The van der Waals surface area contributed by atoms with Crippen LogP contribution < -0.4 is 9.62 Å². The molecule has 2 aliphatic heterocycles. The van der Waals surface area contributed by atoms with Gasteiger partial charge in [0.1, 0.15) is 0 Å². The minimum atomic E-state index is -3.56. The summed E-state index contributed by atoms with van der Waals surface area (Å²) in [4.78, 5) is 14.6. The smallest absolute Gasteiger partial charge is 0.240 e. The maximum atomic E-state index is 13.0. The number of aryl methyl sites for hydroxylation is 1. The average Bonchev–Trinajstić information content (AvgIpc) is 2.84. The highest BCUT2D eigenvalue weighted by molar-refractivity contribution is 7.89. The Morgan fingerprint density at radius 1 is 1.12 bits per heavy atom. The van der Waals surface area contributed by atoms with Gasteiger partial charge >= 0.3 is 0 Å². The van der Waals surface area contributed by atoms with E-state index >= 15 is 0 Å². The molecular weight excluding hydrogens is 336 g/mol. The van der Waals surface area contributed by atoms with Gasteiger partial charge in [-0.2, -0.15) is 0 Å². The van der Waals surface area contributed by atoms with E-state index in [1.165, 1.54) is 6.42 Å². The van der Waals surface area contributed by atoms with Gasteiger partial charge in [0, 0.05) is 12.6 Å². The van der Waals surface area contributed by atoms with Crippen molar-refractivity contribution in [3.05, 3.63) is 23.3 Å². The van der Waals surface area contributed by atoms with Gasteiger partial charge < -0.3 is 4.90 Å². The largest absolute Gasteiger partial charge is 0.311 e. The minimum absolute atomic E-state index is 0.0129. The van der Waals surface area contributed by atoms with Gasteiger partial charge in [-0.3, -0.25) is 4.79 Å². The monoisotopic (exact) mass is 362 g/mol. The highest BCUT2D eigenvalue weighted by atomic mass is 32.2. The fraction of sp³-hybridized carbons (Fsp3) is 0.632. The highest BCUT2D eigenvalue weighted by Gasteiger charge is 2.39. The number of sulfonamides is 1. The predicted molar refractivity (Wildman–Crippen MR) is 97.3 cm³/mol. The molecular formula is C19H26N2O3S. The lowest BCUT2D eigenvalue weighted by molar-refractivity contribution is -0.119. The Kier molecular flexibility index (Phi) is 4.15. The van der Waals surface area contributed by atoms with E-state index in [-0.39, 0.29) is 17.9 Å². The lowest BCUT2D eigenvalue weighted by Gasteiger charge is -2.30. The SMILES string of the molecule is C[C@@H]1C(=O)N2CCCc3cc(S(=O)(=O)N[C@H]4CCCC[C@H]4C)cc1c32. The normalized spacial score (nSPS) is 29.0. The molecule has 0 saturated heterocycles. The Labute approximate surface area is 149 Å². The quantitative estimate of drug-likeness (QED) is 0.899. The lowest BCUT2D eigenvalue weighted by Crippen LogP contribution is -2.41. The molecule has 1 aromatic carbocycles. The van der Waals surface area contributed by atoms with Crippen LogP contribution in [0.3, 0.4) is 0 Å². The van der Waals surface area contributed by atoms with Crippen molar-refractivity contribution in [2.75, 3.05) is 11.4 Å². The van der Waals surface area contributed by atoms with E-state index in [1.54, 1.807) is 12.1 Å². The molecule has 2 heterocycles. The van der Waals surface area contributed by atoms with Gasteiger partial charge in [0.2, 0.25) is 15.9 Å². The summed E-state index contributed by atoms with van der Waals surface area (Å²) in [6.45, 7) is 4.74. The molecule has 5 nitrogen and oxygen atoms in total. The van der Waals surface area contributed by atoms with Crippen molar-refractivity contribution in [3.8, 4) is 0 Å². The maximum Gasteiger partial charge on any atom is 0.240 e. The third-order valence-electron chi connectivity index (χ3n) is 6.12. The molecule has 1 aromatic rings. The first-order valence-electron chi connectivity index (χ1n) is 9.39. The third-order valence-corrected chi connectivity index (χ3v) is 7.59. The van der Waals surface area contributed by atoms with Crippen molar-refractivity contribution in [3.63, 3.8) is 0 Å². The van der Waals surface area contributed by atoms with Crippen LogP contribution in [-0.4, -0.2) is 26.9 Å². The van der Waals surface area contributed by atoms with Crippen molar-refractivity contribution < 1.29 is 13.2 Å². The molecule has 4 rings (SSSR count). The number of nitrogens with zero attached hydrogens (tertiary/aromatic N) is 1. The highest BCUT2D eigenvalue weighted by Crippen LogP contribution is 2.44. The Hall–Kier alpha value is -1.40. The molecule has 136 valence electrons. The van der Waals surface area contributed by atoms with Gasteiger partial charge in [0.15, 0.2) is 0 Å². The molecule has 25 heavy (non-hydrogen) atoms. The van der Waals surface area contributed by atoms with Crippen LogP contribution >= 0.6 is 0 Å². The number of carbonyl (C=O) groups is 1. The van der Waals surface area contributed by atoms with Gasteiger partial charge in [-0.05, 0) is 61.8 Å². The predicted octanol–water partition coefficient (Wildman–Crippen LogP) is 2.94. The number of hydrogen-bond acceptors (Lipinski definition) is 3.